The van der Waals surface area contributed by atoms with Gasteiger partial charge in [0.2, 0.25) is 0 Å². The van der Waals surface area contributed by atoms with E-state index < -0.39 is 0 Å². The molecule has 0 aliphatic carbocycles. The number of amides is 1. The minimum Gasteiger partial charge on any atom is -0.507 e. The van der Waals surface area contributed by atoms with Crippen molar-refractivity contribution in [3.05, 3.63) is 93.9 Å². The summed E-state index contributed by atoms with van der Waals surface area (Å²) in [6, 6.07) is 19.7. The van der Waals surface area contributed by atoms with Crippen LogP contribution in [0.2, 0.25) is 0 Å². The molecular weight excluding hydrogens is 392 g/mol. The smallest absolute Gasteiger partial charge is 0.261 e. The van der Waals surface area contributed by atoms with Crippen LogP contribution in [-0.2, 0) is 6.42 Å². The molecule has 1 saturated heterocycles. The highest BCUT2D eigenvalue weighted by molar-refractivity contribution is 5.99. The van der Waals surface area contributed by atoms with E-state index in [1.54, 1.807) is 17.0 Å². The maximum Gasteiger partial charge on any atom is 0.261 e. The number of carbonyl (C=O) groups is 1. The van der Waals surface area contributed by atoms with Crippen molar-refractivity contribution in [2.75, 3.05) is 13.1 Å². The zero-order valence-electron chi connectivity index (χ0n) is 17.0. The number of phenolic OH excluding ortho intramolecular Hbond substituents is 2. The van der Waals surface area contributed by atoms with Gasteiger partial charge in [0, 0.05) is 36.8 Å². The molecule has 158 valence electrons. The molecule has 0 saturated carbocycles. The summed E-state index contributed by atoms with van der Waals surface area (Å²) >= 11 is 0. The number of rotatable bonds is 3. The lowest BCUT2D eigenvalue weighted by Crippen LogP contribution is -2.51. The Kier molecular flexibility index (Phi) is 4.77. The molecular formula is C25H24N2O4. The van der Waals surface area contributed by atoms with Gasteiger partial charge in [-0.1, -0.05) is 42.5 Å². The van der Waals surface area contributed by atoms with Gasteiger partial charge in [0.25, 0.3) is 11.5 Å². The van der Waals surface area contributed by atoms with Crippen molar-refractivity contribution >= 4 is 5.91 Å². The molecule has 1 aromatic heterocycles. The molecule has 2 aliphatic rings. The third-order valence-corrected chi connectivity index (χ3v) is 6.61. The molecule has 31 heavy (non-hydrogen) atoms. The molecule has 2 N–H and O–H groups in total. The summed E-state index contributed by atoms with van der Waals surface area (Å²) in [5.41, 5.74) is 2.02. The Morgan fingerprint density at radius 2 is 1.61 bits per heavy atom. The molecule has 1 fully saturated rings. The van der Waals surface area contributed by atoms with Gasteiger partial charge in [0.15, 0.2) is 0 Å². The molecule has 5 rings (SSSR count). The summed E-state index contributed by atoms with van der Waals surface area (Å²) in [5, 5.41) is 20.4. The summed E-state index contributed by atoms with van der Waals surface area (Å²) < 4.78 is 1.92. The van der Waals surface area contributed by atoms with Gasteiger partial charge in [-0.2, -0.15) is 0 Å². The van der Waals surface area contributed by atoms with Crippen LogP contribution in [0.4, 0.5) is 0 Å². The number of aromatic hydroxyl groups is 2. The molecule has 2 bridgehead atoms. The predicted molar refractivity (Wildman–Crippen MR) is 116 cm³/mol. The quantitative estimate of drug-likeness (QED) is 0.686. The van der Waals surface area contributed by atoms with E-state index >= 15 is 0 Å². The van der Waals surface area contributed by atoms with Crippen LogP contribution in [0.1, 0.15) is 40.0 Å². The fourth-order valence-corrected chi connectivity index (χ4v) is 5.23. The Balaban J connectivity index is 1.53. The molecule has 0 radical (unpaired) electrons. The number of likely N-dealkylation sites (tertiary alicyclic amines) is 1. The maximum absolute atomic E-state index is 13.3. The number of fused-ring (bicyclic) bond motifs is 4. The number of nitrogens with zero attached hydrogens (tertiary/aromatic N) is 2. The van der Waals surface area contributed by atoms with E-state index in [2.05, 4.69) is 12.1 Å². The van der Waals surface area contributed by atoms with Crippen LogP contribution < -0.4 is 5.56 Å². The first kappa shape index (κ1) is 19.4. The van der Waals surface area contributed by atoms with E-state index in [0.717, 1.165) is 17.7 Å². The number of hydrogen-bond acceptors (Lipinski definition) is 4. The minimum atomic E-state index is -0.379. The van der Waals surface area contributed by atoms with Crippen LogP contribution in [0.5, 0.6) is 11.5 Å². The van der Waals surface area contributed by atoms with E-state index in [-0.39, 0.29) is 46.4 Å². The van der Waals surface area contributed by atoms with Gasteiger partial charge in [0.1, 0.15) is 17.1 Å². The number of piperidine rings is 1. The van der Waals surface area contributed by atoms with E-state index in [1.807, 2.05) is 28.8 Å². The number of aromatic nitrogens is 1. The first-order chi connectivity index (χ1) is 15.0. The average Bonchev–Trinajstić information content (AvgIpc) is 2.77. The van der Waals surface area contributed by atoms with Crippen molar-refractivity contribution in [1.29, 1.82) is 0 Å². The standard InChI is InChI=1S/C25H24N2O4/c28-21-9-5-10-22(29)24(21)25(31)26-14-17-13-18(15-26)20(12-16-6-2-1-3-7-16)27-19(17)8-4-11-23(27)30/h1-11,17-18,20,28-29H,12-15H2/t17-,18+,20+/m1/s1. The number of hydrogen-bond donors (Lipinski definition) is 2. The number of benzene rings is 2. The van der Waals surface area contributed by atoms with Crippen molar-refractivity contribution in [3.8, 4) is 11.5 Å². The summed E-state index contributed by atoms with van der Waals surface area (Å²) in [7, 11) is 0. The van der Waals surface area contributed by atoms with Crippen molar-refractivity contribution in [1.82, 2.24) is 9.47 Å². The highest BCUT2D eigenvalue weighted by atomic mass is 16.3. The fraction of sp³-hybridized carbons (Fsp3) is 0.280. The van der Waals surface area contributed by atoms with Gasteiger partial charge >= 0.3 is 0 Å². The monoisotopic (exact) mass is 416 g/mol. The molecule has 6 heteroatoms. The number of carbonyl (C=O) groups excluding carboxylic acids is 1. The lowest BCUT2D eigenvalue weighted by molar-refractivity contribution is 0.0523. The normalized spacial score (nSPS) is 22.1. The van der Waals surface area contributed by atoms with Crippen molar-refractivity contribution in [2.45, 2.75) is 24.8 Å². The summed E-state index contributed by atoms with van der Waals surface area (Å²) in [6.45, 7) is 0.923. The summed E-state index contributed by atoms with van der Waals surface area (Å²) in [4.78, 5) is 27.8. The second-order valence-electron chi connectivity index (χ2n) is 8.49. The topological polar surface area (TPSA) is 82.8 Å². The lowest BCUT2D eigenvalue weighted by atomic mass is 9.76. The van der Waals surface area contributed by atoms with E-state index in [9.17, 15) is 19.8 Å². The Bertz CT molecular complexity index is 1170. The molecule has 2 aliphatic heterocycles. The first-order valence-corrected chi connectivity index (χ1v) is 10.6. The summed E-state index contributed by atoms with van der Waals surface area (Å²) in [6.07, 6.45) is 1.61. The Morgan fingerprint density at radius 3 is 2.35 bits per heavy atom. The first-order valence-electron chi connectivity index (χ1n) is 10.6. The van der Waals surface area contributed by atoms with Crippen molar-refractivity contribution in [2.24, 2.45) is 5.92 Å². The van der Waals surface area contributed by atoms with Crippen LogP contribution in [0.3, 0.4) is 0 Å². The van der Waals surface area contributed by atoms with Crippen LogP contribution in [0, 0.1) is 5.92 Å². The summed E-state index contributed by atoms with van der Waals surface area (Å²) in [5.74, 6) is -0.688. The van der Waals surface area contributed by atoms with Crippen LogP contribution in [-0.4, -0.2) is 38.7 Å². The zero-order chi connectivity index (χ0) is 21.5. The van der Waals surface area contributed by atoms with Crippen LogP contribution in [0.15, 0.2) is 71.5 Å². The van der Waals surface area contributed by atoms with Gasteiger partial charge in [-0.15, -0.1) is 0 Å². The molecule has 1 amide bonds. The largest absolute Gasteiger partial charge is 0.507 e. The maximum atomic E-state index is 13.3. The number of phenols is 2. The van der Waals surface area contributed by atoms with E-state index in [1.165, 1.54) is 18.2 Å². The highest BCUT2D eigenvalue weighted by Crippen LogP contribution is 2.43. The average molecular weight is 416 g/mol. The van der Waals surface area contributed by atoms with Gasteiger partial charge in [-0.3, -0.25) is 9.59 Å². The fourth-order valence-electron chi connectivity index (χ4n) is 5.23. The highest BCUT2D eigenvalue weighted by Gasteiger charge is 2.42. The minimum absolute atomic E-state index is 0.00810. The molecule has 3 aromatic rings. The molecule has 2 aromatic carbocycles. The van der Waals surface area contributed by atoms with E-state index in [0.29, 0.717) is 19.5 Å². The van der Waals surface area contributed by atoms with Gasteiger partial charge < -0.3 is 19.7 Å². The third kappa shape index (κ3) is 3.38. The zero-order valence-corrected chi connectivity index (χ0v) is 17.0. The van der Waals surface area contributed by atoms with Gasteiger partial charge in [0.05, 0.1) is 0 Å². The van der Waals surface area contributed by atoms with Crippen molar-refractivity contribution in [3.63, 3.8) is 0 Å². The third-order valence-electron chi connectivity index (χ3n) is 6.61. The van der Waals surface area contributed by atoms with Gasteiger partial charge in [-0.05, 0) is 42.5 Å². The van der Waals surface area contributed by atoms with Crippen molar-refractivity contribution < 1.29 is 15.0 Å². The van der Waals surface area contributed by atoms with E-state index in [4.69, 9.17) is 0 Å². The molecule has 6 nitrogen and oxygen atoms in total. The Hall–Kier alpha value is -3.54. The molecule has 0 unspecified atom stereocenters. The molecule has 3 atom stereocenters. The number of pyridine rings is 1. The van der Waals surface area contributed by atoms with Crippen LogP contribution in [0.25, 0.3) is 0 Å². The van der Waals surface area contributed by atoms with Gasteiger partial charge in [-0.25, -0.2) is 0 Å². The Morgan fingerprint density at radius 1 is 0.903 bits per heavy atom. The molecule has 3 heterocycles. The SMILES string of the molecule is O=C(c1c(O)cccc1O)N1C[C@H]2C[C@@H](C1)[C@H](Cc1ccccc1)n1c2cccc1=O. The lowest BCUT2D eigenvalue weighted by Gasteiger charge is -2.47. The second-order valence-corrected chi connectivity index (χ2v) is 8.49. The Labute approximate surface area is 180 Å². The van der Waals surface area contributed by atoms with Crippen LogP contribution >= 0.6 is 0 Å². The predicted octanol–water partition coefficient (Wildman–Crippen LogP) is 3.30. The second kappa shape index (κ2) is 7.61. The molecule has 0 spiro atoms.